The Morgan fingerprint density at radius 2 is 1.87 bits per heavy atom. The van der Waals surface area contributed by atoms with E-state index in [0.29, 0.717) is 16.9 Å². The summed E-state index contributed by atoms with van der Waals surface area (Å²) in [7, 11) is 0. The monoisotopic (exact) mass is 426 g/mol. The van der Waals surface area contributed by atoms with Crippen molar-refractivity contribution in [2.24, 2.45) is 0 Å². The van der Waals surface area contributed by atoms with E-state index in [-0.39, 0.29) is 17.8 Å². The third kappa shape index (κ3) is 4.55. The van der Waals surface area contributed by atoms with Crippen LogP contribution in [0.3, 0.4) is 0 Å². The molecule has 1 aromatic heterocycles. The normalized spacial score (nSPS) is 15.3. The number of piperidine rings is 1. The zero-order valence-corrected chi connectivity index (χ0v) is 17.6. The van der Waals surface area contributed by atoms with E-state index in [1.807, 2.05) is 24.3 Å². The minimum atomic E-state index is -0.372. The third-order valence-corrected chi connectivity index (χ3v) is 5.83. The van der Waals surface area contributed by atoms with Gasteiger partial charge in [0.1, 0.15) is 11.5 Å². The zero-order chi connectivity index (χ0) is 21.1. The maximum absolute atomic E-state index is 14.1. The van der Waals surface area contributed by atoms with Crippen LogP contribution in [-0.2, 0) is 6.54 Å². The Kier molecular flexibility index (Phi) is 6.16. The Morgan fingerprint density at radius 3 is 2.57 bits per heavy atom. The fourth-order valence-electron chi connectivity index (χ4n) is 3.85. The van der Waals surface area contributed by atoms with Gasteiger partial charge in [-0.15, -0.1) is 0 Å². The van der Waals surface area contributed by atoms with Crippen LogP contribution in [0.2, 0.25) is 5.02 Å². The molecule has 2 heterocycles. The first-order valence-electron chi connectivity index (χ1n) is 10.1. The van der Waals surface area contributed by atoms with Crippen LogP contribution in [0.5, 0.6) is 0 Å². The van der Waals surface area contributed by atoms with Gasteiger partial charge < -0.3 is 5.32 Å². The summed E-state index contributed by atoms with van der Waals surface area (Å²) in [6.45, 7) is 4.50. The van der Waals surface area contributed by atoms with Crippen LogP contribution >= 0.6 is 11.6 Å². The number of amides is 1. The molecule has 30 heavy (non-hydrogen) atoms. The fourth-order valence-corrected chi connectivity index (χ4v) is 3.97. The van der Waals surface area contributed by atoms with Gasteiger partial charge in [0.05, 0.1) is 17.5 Å². The highest BCUT2D eigenvalue weighted by Crippen LogP contribution is 2.19. The van der Waals surface area contributed by atoms with E-state index in [1.54, 1.807) is 25.1 Å². The number of nitrogens with one attached hydrogen (secondary N) is 1. The lowest BCUT2D eigenvalue weighted by Crippen LogP contribution is -2.44. The van der Waals surface area contributed by atoms with Gasteiger partial charge >= 0.3 is 0 Å². The molecule has 1 amide bonds. The number of carbonyl (C=O) groups is 1. The van der Waals surface area contributed by atoms with Crippen molar-refractivity contribution in [1.82, 2.24) is 20.0 Å². The largest absolute Gasteiger partial charge is 0.349 e. The average molecular weight is 427 g/mol. The zero-order valence-electron chi connectivity index (χ0n) is 16.8. The molecule has 5 nitrogen and oxygen atoms in total. The van der Waals surface area contributed by atoms with E-state index >= 15 is 0 Å². The van der Waals surface area contributed by atoms with Crippen molar-refractivity contribution in [3.8, 4) is 5.69 Å². The number of hydrogen-bond acceptors (Lipinski definition) is 3. The molecule has 0 unspecified atom stereocenters. The Hall–Kier alpha value is -2.70. The van der Waals surface area contributed by atoms with Crippen LogP contribution < -0.4 is 5.32 Å². The molecule has 2 aromatic carbocycles. The molecule has 4 rings (SSSR count). The summed E-state index contributed by atoms with van der Waals surface area (Å²) >= 11 is 5.95. The smallest absolute Gasteiger partial charge is 0.254 e. The summed E-state index contributed by atoms with van der Waals surface area (Å²) in [5.74, 6) is -0.532. The van der Waals surface area contributed by atoms with E-state index in [9.17, 15) is 9.18 Å². The lowest BCUT2D eigenvalue weighted by atomic mass is 10.0. The standard InChI is InChI=1S/C23H24ClFN4O/c1-16-20(14-26-29(16)22-5-3-2-4-21(22)25)23(30)27-19-10-12-28(13-11-19)15-17-6-8-18(24)9-7-17/h2-9,14,19H,10-13,15H2,1H3,(H,27,30). The number of likely N-dealkylation sites (tertiary alicyclic amines) is 1. The lowest BCUT2D eigenvalue weighted by molar-refractivity contribution is 0.0908. The first-order valence-corrected chi connectivity index (χ1v) is 10.5. The van der Waals surface area contributed by atoms with Crippen molar-refractivity contribution in [2.45, 2.75) is 32.4 Å². The fraction of sp³-hybridized carbons (Fsp3) is 0.304. The minimum Gasteiger partial charge on any atom is -0.349 e. The Labute approximate surface area is 180 Å². The highest BCUT2D eigenvalue weighted by Gasteiger charge is 2.23. The van der Waals surface area contributed by atoms with Gasteiger partial charge in [-0.1, -0.05) is 35.9 Å². The molecule has 0 bridgehead atoms. The molecule has 1 saturated heterocycles. The molecule has 156 valence electrons. The van der Waals surface area contributed by atoms with Gasteiger partial charge in [-0.05, 0) is 49.6 Å². The van der Waals surface area contributed by atoms with Crippen molar-refractivity contribution in [3.63, 3.8) is 0 Å². The van der Waals surface area contributed by atoms with Crippen LogP contribution in [0.1, 0.15) is 34.5 Å². The van der Waals surface area contributed by atoms with Gasteiger partial charge in [-0.25, -0.2) is 9.07 Å². The van der Waals surface area contributed by atoms with Gasteiger partial charge in [0, 0.05) is 30.7 Å². The van der Waals surface area contributed by atoms with E-state index in [1.165, 1.54) is 22.5 Å². The second kappa shape index (κ2) is 8.98. The second-order valence-corrected chi connectivity index (χ2v) is 8.09. The molecule has 0 spiro atoms. The number of para-hydroxylation sites is 1. The molecule has 0 radical (unpaired) electrons. The Morgan fingerprint density at radius 1 is 1.17 bits per heavy atom. The van der Waals surface area contributed by atoms with Gasteiger partial charge in [-0.2, -0.15) is 5.10 Å². The average Bonchev–Trinajstić information content (AvgIpc) is 3.13. The summed E-state index contributed by atoms with van der Waals surface area (Å²) in [6.07, 6.45) is 3.28. The quantitative estimate of drug-likeness (QED) is 0.659. The molecule has 1 aliphatic rings. The topological polar surface area (TPSA) is 50.2 Å². The Balaban J connectivity index is 1.34. The van der Waals surface area contributed by atoms with Gasteiger partial charge in [-0.3, -0.25) is 9.69 Å². The minimum absolute atomic E-state index is 0.121. The van der Waals surface area contributed by atoms with Crippen LogP contribution in [-0.4, -0.2) is 39.7 Å². The Bertz CT molecular complexity index is 1030. The van der Waals surface area contributed by atoms with Crippen LogP contribution in [0.25, 0.3) is 5.69 Å². The van der Waals surface area contributed by atoms with Crippen molar-refractivity contribution in [3.05, 3.63) is 82.4 Å². The van der Waals surface area contributed by atoms with Crippen molar-refractivity contribution < 1.29 is 9.18 Å². The van der Waals surface area contributed by atoms with E-state index in [4.69, 9.17) is 11.6 Å². The number of hydrogen-bond donors (Lipinski definition) is 1. The molecule has 3 aromatic rings. The molecule has 1 N–H and O–H groups in total. The predicted octanol–water partition coefficient (Wildman–Crippen LogP) is 4.37. The molecule has 7 heteroatoms. The number of rotatable bonds is 5. The van der Waals surface area contributed by atoms with E-state index in [0.717, 1.165) is 37.5 Å². The summed E-state index contributed by atoms with van der Waals surface area (Å²) < 4.78 is 15.5. The number of nitrogens with zero attached hydrogens (tertiary/aromatic N) is 3. The second-order valence-electron chi connectivity index (χ2n) is 7.66. The molecule has 0 saturated carbocycles. The van der Waals surface area contributed by atoms with Crippen LogP contribution in [0.15, 0.2) is 54.7 Å². The van der Waals surface area contributed by atoms with Gasteiger partial charge in [0.2, 0.25) is 0 Å². The van der Waals surface area contributed by atoms with Crippen molar-refractivity contribution in [1.29, 1.82) is 0 Å². The number of aromatic nitrogens is 2. The van der Waals surface area contributed by atoms with Crippen LogP contribution in [0.4, 0.5) is 4.39 Å². The van der Waals surface area contributed by atoms with E-state index in [2.05, 4.69) is 15.3 Å². The number of halogens is 2. The predicted molar refractivity (Wildman–Crippen MR) is 115 cm³/mol. The van der Waals surface area contributed by atoms with Gasteiger partial charge in [0.15, 0.2) is 0 Å². The number of benzene rings is 2. The molecule has 0 aliphatic carbocycles. The molecular formula is C23H24ClFN4O. The molecule has 1 fully saturated rings. The van der Waals surface area contributed by atoms with Crippen molar-refractivity contribution in [2.75, 3.05) is 13.1 Å². The molecule has 0 atom stereocenters. The van der Waals surface area contributed by atoms with E-state index < -0.39 is 0 Å². The first-order chi connectivity index (χ1) is 14.5. The third-order valence-electron chi connectivity index (χ3n) is 5.58. The summed E-state index contributed by atoms with van der Waals surface area (Å²) in [6, 6.07) is 14.4. The highest BCUT2D eigenvalue weighted by atomic mass is 35.5. The summed E-state index contributed by atoms with van der Waals surface area (Å²) in [4.78, 5) is 15.2. The van der Waals surface area contributed by atoms with Crippen molar-refractivity contribution >= 4 is 17.5 Å². The lowest BCUT2D eigenvalue weighted by Gasteiger charge is -2.32. The van der Waals surface area contributed by atoms with Gasteiger partial charge in [0.25, 0.3) is 5.91 Å². The highest BCUT2D eigenvalue weighted by molar-refractivity contribution is 6.30. The SMILES string of the molecule is Cc1c(C(=O)NC2CCN(Cc3ccc(Cl)cc3)CC2)cnn1-c1ccccc1F. The first kappa shape index (κ1) is 20.6. The maximum Gasteiger partial charge on any atom is 0.254 e. The number of carbonyl (C=O) groups excluding carboxylic acids is 1. The summed E-state index contributed by atoms with van der Waals surface area (Å²) in [5, 5.41) is 8.09. The van der Waals surface area contributed by atoms with Crippen LogP contribution in [0, 0.1) is 12.7 Å². The molecular weight excluding hydrogens is 403 g/mol. The summed E-state index contributed by atoms with van der Waals surface area (Å²) in [5.41, 5.74) is 2.67. The molecule has 1 aliphatic heterocycles. The maximum atomic E-state index is 14.1.